The van der Waals surface area contributed by atoms with Crippen molar-refractivity contribution in [2.24, 2.45) is 0 Å². The van der Waals surface area contributed by atoms with Crippen LogP contribution in [-0.2, 0) is 6.42 Å². The molecule has 0 fully saturated rings. The maximum atomic E-state index is 3.60. The molecule has 0 spiro atoms. The van der Waals surface area contributed by atoms with E-state index in [1.807, 2.05) is 0 Å². The molecule has 1 unspecified atom stereocenters. The molecule has 2 aromatic carbocycles. The van der Waals surface area contributed by atoms with Gasteiger partial charge < -0.3 is 5.32 Å². The van der Waals surface area contributed by atoms with Gasteiger partial charge in [0.25, 0.3) is 0 Å². The lowest BCUT2D eigenvalue weighted by atomic mass is 9.77. The molecule has 3 heteroatoms. The van der Waals surface area contributed by atoms with Crippen molar-refractivity contribution in [3.63, 3.8) is 0 Å². The van der Waals surface area contributed by atoms with Gasteiger partial charge in [-0.25, -0.2) is 0 Å². The summed E-state index contributed by atoms with van der Waals surface area (Å²) in [6.45, 7) is 1.01. The lowest BCUT2D eigenvalue weighted by molar-refractivity contribution is 0.635. The number of halogens is 2. The fraction of sp³-hybridized carbons (Fsp3) is 0.200. The first-order chi connectivity index (χ1) is 8.74. The van der Waals surface area contributed by atoms with Crippen LogP contribution in [0, 0.1) is 3.57 Å². The largest absolute Gasteiger partial charge is 0.384 e. The molecule has 1 aliphatic carbocycles. The highest BCUT2D eigenvalue weighted by molar-refractivity contribution is 14.1. The number of hydrogen-bond acceptors (Lipinski definition) is 1. The van der Waals surface area contributed by atoms with Crippen LogP contribution in [0.4, 0.5) is 5.69 Å². The van der Waals surface area contributed by atoms with E-state index in [1.54, 1.807) is 0 Å². The van der Waals surface area contributed by atoms with Crippen LogP contribution in [0.25, 0.3) is 0 Å². The summed E-state index contributed by atoms with van der Waals surface area (Å²) >= 11 is 5.93. The van der Waals surface area contributed by atoms with Crippen LogP contribution >= 0.6 is 38.5 Å². The summed E-state index contributed by atoms with van der Waals surface area (Å²) in [5, 5.41) is 3.53. The van der Waals surface area contributed by atoms with Crippen molar-refractivity contribution in [1.82, 2.24) is 0 Å². The zero-order chi connectivity index (χ0) is 12.5. The molecule has 1 N–H and O–H groups in total. The zero-order valence-corrected chi connectivity index (χ0v) is 13.5. The SMILES string of the molecule is Brc1cc(I)ccc1NCC1Cc2ccccc21. The molecular weight excluding hydrogens is 401 g/mol. The Morgan fingerprint density at radius 3 is 2.83 bits per heavy atom. The second-order valence-electron chi connectivity index (χ2n) is 4.60. The molecular formula is C15H13BrIN. The summed E-state index contributed by atoms with van der Waals surface area (Å²) < 4.78 is 2.39. The zero-order valence-electron chi connectivity index (χ0n) is 9.79. The lowest BCUT2D eigenvalue weighted by Crippen LogP contribution is -2.24. The van der Waals surface area contributed by atoms with Gasteiger partial charge >= 0.3 is 0 Å². The van der Waals surface area contributed by atoms with E-state index in [1.165, 1.54) is 26.8 Å². The molecule has 1 aliphatic rings. The van der Waals surface area contributed by atoms with Gasteiger partial charge in [0.1, 0.15) is 0 Å². The third-order valence-corrected chi connectivity index (χ3v) is 4.76. The predicted molar refractivity (Wildman–Crippen MR) is 88.2 cm³/mol. The average Bonchev–Trinajstić information content (AvgIpc) is 2.33. The molecule has 0 aromatic heterocycles. The average molecular weight is 414 g/mol. The summed E-state index contributed by atoms with van der Waals surface area (Å²) in [5.74, 6) is 0.660. The monoisotopic (exact) mass is 413 g/mol. The van der Waals surface area contributed by atoms with E-state index in [9.17, 15) is 0 Å². The van der Waals surface area contributed by atoms with Crippen LogP contribution in [0.1, 0.15) is 17.0 Å². The Labute approximate surface area is 129 Å². The molecule has 0 saturated heterocycles. The van der Waals surface area contributed by atoms with Crippen molar-refractivity contribution in [3.05, 3.63) is 61.6 Å². The highest BCUT2D eigenvalue weighted by Crippen LogP contribution is 2.35. The van der Waals surface area contributed by atoms with Crippen LogP contribution < -0.4 is 5.32 Å². The molecule has 0 radical (unpaired) electrons. The lowest BCUT2D eigenvalue weighted by Gasteiger charge is -2.30. The minimum absolute atomic E-state index is 0.660. The Morgan fingerprint density at radius 1 is 1.22 bits per heavy atom. The van der Waals surface area contributed by atoms with Crippen LogP contribution in [-0.4, -0.2) is 6.54 Å². The van der Waals surface area contributed by atoms with Crippen molar-refractivity contribution in [2.45, 2.75) is 12.3 Å². The van der Waals surface area contributed by atoms with Gasteiger partial charge in [-0.05, 0) is 74.3 Å². The molecule has 1 nitrogen and oxygen atoms in total. The van der Waals surface area contributed by atoms with Gasteiger partial charge in [-0.1, -0.05) is 24.3 Å². The number of nitrogens with one attached hydrogen (secondary N) is 1. The summed E-state index contributed by atoms with van der Waals surface area (Å²) in [6.07, 6.45) is 1.20. The van der Waals surface area contributed by atoms with Gasteiger partial charge in [-0.2, -0.15) is 0 Å². The van der Waals surface area contributed by atoms with Gasteiger partial charge in [-0.3, -0.25) is 0 Å². The number of hydrogen-bond donors (Lipinski definition) is 1. The van der Waals surface area contributed by atoms with Crippen LogP contribution in [0.15, 0.2) is 46.9 Å². The molecule has 2 aromatic rings. The molecule has 92 valence electrons. The molecule has 0 aliphatic heterocycles. The fourth-order valence-electron chi connectivity index (χ4n) is 2.41. The summed E-state index contributed by atoms with van der Waals surface area (Å²) in [7, 11) is 0. The number of rotatable bonds is 3. The molecule has 18 heavy (non-hydrogen) atoms. The predicted octanol–water partition coefficient (Wildman–Crippen LogP) is 4.81. The first-order valence-electron chi connectivity index (χ1n) is 6.01. The second-order valence-corrected chi connectivity index (χ2v) is 6.70. The van der Waals surface area contributed by atoms with Gasteiger partial charge in [0.05, 0.1) is 0 Å². The van der Waals surface area contributed by atoms with Crippen LogP contribution in [0.2, 0.25) is 0 Å². The van der Waals surface area contributed by atoms with E-state index in [0.717, 1.165) is 11.0 Å². The molecule has 0 heterocycles. The summed E-state index contributed by atoms with van der Waals surface area (Å²) in [6, 6.07) is 15.1. The maximum Gasteiger partial charge on any atom is 0.0485 e. The second kappa shape index (κ2) is 5.21. The van der Waals surface area contributed by atoms with E-state index in [2.05, 4.69) is 86.3 Å². The van der Waals surface area contributed by atoms with Crippen LogP contribution in [0.3, 0.4) is 0 Å². The quantitative estimate of drug-likeness (QED) is 0.712. The Bertz CT molecular complexity index is 582. The standard InChI is InChI=1S/C15H13BrIN/c16-14-8-12(17)5-6-15(14)18-9-11-7-10-3-1-2-4-13(10)11/h1-6,8,11,18H,7,9H2. The topological polar surface area (TPSA) is 12.0 Å². The van der Waals surface area contributed by atoms with E-state index in [4.69, 9.17) is 0 Å². The fourth-order valence-corrected chi connectivity index (χ4v) is 3.85. The van der Waals surface area contributed by atoms with Gasteiger partial charge in [-0.15, -0.1) is 0 Å². The van der Waals surface area contributed by atoms with Gasteiger partial charge in [0.15, 0.2) is 0 Å². The molecule has 0 amide bonds. The third kappa shape index (κ3) is 2.43. The highest BCUT2D eigenvalue weighted by atomic mass is 127. The molecule has 0 saturated carbocycles. The van der Waals surface area contributed by atoms with Gasteiger partial charge in [0.2, 0.25) is 0 Å². The molecule has 3 rings (SSSR count). The van der Waals surface area contributed by atoms with Crippen molar-refractivity contribution in [3.8, 4) is 0 Å². The number of benzene rings is 2. The van der Waals surface area contributed by atoms with Gasteiger partial charge in [0, 0.05) is 26.2 Å². The molecule has 1 atom stereocenters. The van der Waals surface area contributed by atoms with Crippen molar-refractivity contribution in [1.29, 1.82) is 0 Å². The Hall–Kier alpha value is -0.550. The van der Waals surface area contributed by atoms with E-state index in [0.29, 0.717) is 5.92 Å². The Balaban J connectivity index is 1.66. The molecule has 0 bridgehead atoms. The number of anilines is 1. The smallest absolute Gasteiger partial charge is 0.0485 e. The third-order valence-electron chi connectivity index (χ3n) is 3.43. The van der Waals surface area contributed by atoms with Crippen molar-refractivity contribution in [2.75, 3.05) is 11.9 Å². The summed E-state index contributed by atoms with van der Waals surface area (Å²) in [4.78, 5) is 0. The Kier molecular flexibility index (Phi) is 3.61. The first kappa shape index (κ1) is 12.5. The Morgan fingerprint density at radius 2 is 2.06 bits per heavy atom. The number of fused-ring (bicyclic) bond motifs is 1. The van der Waals surface area contributed by atoms with E-state index < -0.39 is 0 Å². The first-order valence-corrected chi connectivity index (χ1v) is 7.88. The van der Waals surface area contributed by atoms with E-state index in [-0.39, 0.29) is 0 Å². The van der Waals surface area contributed by atoms with Crippen LogP contribution in [0.5, 0.6) is 0 Å². The maximum absolute atomic E-state index is 3.60. The van der Waals surface area contributed by atoms with Crippen molar-refractivity contribution >= 4 is 44.2 Å². The van der Waals surface area contributed by atoms with Crippen molar-refractivity contribution < 1.29 is 0 Å². The minimum Gasteiger partial charge on any atom is -0.384 e. The van der Waals surface area contributed by atoms with E-state index >= 15 is 0 Å². The normalized spacial score (nSPS) is 16.9. The highest BCUT2D eigenvalue weighted by Gasteiger charge is 2.24. The summed E-state index contributed by atoms with van der Waals surface area (Å²) in [5.41, 5.74) is 4.19. The minimum atomic E-state index is 0.660.